The average Bonchev–Trinajstić information content (AvgIpc) is 2.86. The summed E-state index contributed by atoms with van der Waals surface area (Å²) in [5.41, 5.74) is 0. The molecule has 1 aliphatic heterocycles. The molecular weight excluding hydrogens is 222 g/mol. The van der Waals surface area contributed by atoms with E-state index in [2.05, 4.69) is 29.3 Å². The molecule has 1 saturated heterocycles. The summed E-state index contributed by atoms with van der Waals surface area (Å²) in [5, 5.41) is 7.20. The summed E-state index contributed by atoms with van der Waals surface area (Å²) >= 11 is 0. The Balaban J connectivity index is 1.94. The molecule has 0 radical (unpaired) electrons. The van der Waals surface area contributed by atoms with Crippen LogP contribution in [0.3, 0.4) is 0 Å². The summed E-state index contributed by atoms with van der Waals surface area (Å²) in [4.78, 5) is 4.36. The molecule has 96 valence electrons. The smallest absolute Gasteiger partial charge is 0.230 e. The van der Waals surface area contributed by atoms with Crippen molar-refractivity contribution in [2.45, 2.75) is 25.9 Å². The van der Waals surface area contributed by atoms with Gasteiger partial charge in [0.25, 0.3) is 0 Å². The number of aromatic nitrogens is 2. The second kappa shape index (κ2) is 6.09. The summed E-state index contributed by atoms with van der Waals surface area (Å²) in [7, 11) is 0. The highest BCUT2D eigenvalue weighted by Gasteiger charge is 2.23. The van der Waals surface area contributed by atoms with Gasteiger partial charge in [0.1, 0.15) is 6.10 Å². The monoisotopic (exact) mass is 241 g/mol. The fraction of sp³-hybridized carbons (Fsp3) is 0.818. The number of nitrogens with zero attached hydrogens (tertiary/aromatic N) is 2. The predicted octanol–water partition coefficient (Wildman–Crippen LogP) is 0.870. The van der Waals surface area contributed by atoms with Crippen LogP contribution in [0.2, 0.25) is 0 Å². The topological polar surface area (TPSA) is 69.4 Å². The Hall–Kier alpha value is -0.980. The van der Waals surface area contributed by atoms with Crippen LogP contribution in [0.5, 0.6) is 0 Å². The Morgan fingerprint density at radius 2 is 2.35 bits per heavy atom. The fourth-order valence-electron chi connectivity index (χ4n) is 1.66. The first-order chi connectivity index (χ1) is 8.31. The van der Waals surface area contributed by atoms with Gasteiger partial charge >= 0.3 is 0 Å². The van der Waals surface area contributed by atoms with E-state index in [1.807, 2.05) is 0 Å². The molecular formula is C11H19N3O3. The van der Waals surface area contributed by atoms with Crippen LogP contribution < -0.4 is 5.32 Å². The molecule has 2 unspecified atom stereocenters. The van der Waals surface area contributed by atoms with E-state index >= 15 is 0 Å². The molecule has 2 heterocycles. The molecule has 17 heavy (non-hydrogen) atoms. The highest BCUT2D eigenvalue weighted by Crippen LogP contribution is 2.20. The van der Waals surface area contributed by atoms with E-state index in [9.17, 15) is 0 Å². The molecule has 2 rings (SSSR count). The first kappa shape index (κ1) is 12.5. The lowest BCUT2D eigenvalue weighted by Gasteiger charge is -2.19. The van der Waals surface area contributed by atoms with E-state index in [0.29, 0.717) is 31.5 Å². The minimum Gasteiger partial charge on any atom is -0.376 e. The summed E-state index contributed by atoms with van der Waals surface area (Å²) in [6.45, 7) is 7.61. The summed E-state index contributed by atoms with van der Waals surface area (Å²) < 4.78 is 16.1. The third-order valence-electron chi connectivity index (χ3n) is 2.68. The van der Waals surface area contributed by atoms with Gasteiger partial charge in [0, 0.05) is 12.5 Å². The molecule has 6 nitrogen and oxygen atoms in total. The molecule has 1 fully saturated rings. The van der Waals surface area contributed by atoms with Crippen molar-refractivity contribution in [3.05, 3.63) is 11.7 Å². The van der Waals surface area contributed by atoms with E-state index in [4.69, 9.17) is 14.0 Å². The zero-order chi connectivity index (χ0) is 12.1. The largest absolute Gasteiger partial charge is 0.376 e. The Morgan fingerprint density at radius 3 is 3.06 bits per heavy atom. The third-order valence-corrected chi connectivity index (χ3v) is 2.68. The number of rotatable bonds is 5. The standard InChI is InChI=1S/C11H19N3O3/c1-3-12-6-8(2)11-13-10(14-17-11)9-7-15-4-5-16-9/h8-9,12H,3-7H2,1-2H3. The zero-order valence-electron chi connectivity index (χ0n) is 10.3. The molecule has 1 aromatic rings. The van der Waals surface area contributed by atoms with Crippen molar-refractivity contribution in [1.82, 2.24) is 15.5 Å². The summed E-state index contributed by atoms with van der Waals surface area (Å²) in [6.07, 6.45) is -0.187. The molecule has 2 atom stereocenters. The molecule has 1 aliphatic rings. The van der Waals surface area contributed by atoms with Gasteiger partial charge in [0.2, 0.25) is 11.7 Å². The van der Waals surface area contributed by atoms with Crippen LogP contribution in [0.15, 0.2) is 4.52 Å². The number of hydrogen-bond donors (Lipinski definition) is 1. The van der Waals surface area contributed by atoms with Gasteiger partial charge in [0.15, 0.2) is 0 Å². The lowest BCUT2D eigenvalue weighted by Crippen LogP contribution is -2.23. The average molecular weight is 241 g/mol. The van der Waals surface area contributed by atoms with Crippen LogP contribution in [0, 0.1) is 0 Å². The second-order valence-corrected chi connectivity index (χ2v) is 4.13. The van der Waals surface area contributed by atoms with Crippen molar-refractivity contribution < 1.29 is 14.0 Å². The molecule has 0 saturated carbocycles. The van der Waals surface area contributed by atoms with Crippen LogP contribution in [0.25, 0.3) is 0 Å². The van der Waals surface area contributed by atoms with Gasteiger partial charge in [-0.05, 0) is 6.54 Å². The van der Waals surface area contributed by atoms with Crippen molar-refractivity contribution in [2.24, 2.45) is 0 Å². The van der Waals surface area contributed by atoms with Crippen molar-refractivity contribution in [3.8, 4) is 0 Å². The van der Waals surface area contributed by atoms with Crippen molar-refractivity contribution in [2.75, 3.05) is 32.9 Å². The fourth-order valence-corrected chi connectivity index (χ4v) is 1.66. The second-order valence-electron chi connectivity index (χ2n) is 4.13. The van der Waals surface area contributed by atoms with Gasteiger partial charge in [-0.3, -0.25) is 0 Å². The number of likely N-dealkylation sites (N-methyl/N-ethyl adjacent to an activating group) is 1. The van der Waals surface area contributed by atoms with Crippen LogP contribution in [0.1, 0.15) is 37.6 Å². The third kappa shape index (κ3) is 3.24. The van der Waals surface area contributed by atoms with Crippen LogP contribution in [-0.2, 0) is 9.47 Å². The maximum Gasteiger partial charge on any atom is 0.230 e. The maximum absolute atomic E-state index is 5.51. The molecule has 0 bridgehead atoms. The Morgan fingerprint density at radius 1 is 1.47 bits per heavy atom. The lowest BCUT2D eigenvalue weighted by molar-refractivity contribution is -0.0941. The SMILES string of the molecule is CCNCC(C)c1nc(C2COCCO2)no1. The normalized spacial score (nSPS) is 22.6. The molecule has 1 N–H and O–H groups in total. The molecule has 0 aliphatic carbocycles. The first-order valence-electron chi connectivity index (χ1n) is 6.04. The van der Waals surface area contributed by atoms with Gasteiger partial charge in [0.05, 0.1) is 19.8 Å². The van der Waals surface area contributed by atoms with E-state index < -0.39 is 0 Å². The van der Waals surface area contributed by atoms with Crippen molar-refractivity contribution in [3.63, 3.8) is 0 Å². The van der Waals surface area contributed by atoms with Crippen LogP contribution >= 0.6 is 0 Å². The number of hydrogen-bond acceptors (Lipinski definition) is 6. The summed E-state index contributed by atoms with van der Waals surface area (Å²) in [6, 6.07) is 0. The molecule has 0 spiro atoms. The van der Waals surface area contributed by atoms with Gasteiger partial charge in [-0.15, -0.1) is 0 Å². The summed E-state index contributed by atoms with van der Waals surface area (Å²) in [5.74, 6) is 1.44. The lowest BCUT2D eigenvalue weighted by atomic mass is 10.2. The highest BCUT2D eigenvalue weighted by molar-refractivity contribution is 4.96. The van der Waals surface area contributed by atoms with E-state index in [1.54, 1.807) is 0 Å². The van der Waals surface area contributed by atoms with Gasteiger partial charge in [-0.1, -0.05) is 19.0 Å². The minimum atomic E-state index is -0.187. The molecule has 0 aromatic carbocycles. The molecule has 1 aromatic heterocycles. The van der Waals surface area contributed by atoms with Gasteiger partial charge in [-0.25, -0.2) is 0 Å². The molecule has 0 amide bonds. The van der Waals surface area contributed by atoms with Gasteiger partial charge in [-0.2, -0.15) is 4.98 Å². The number of nitrogens with one attached hydrogen (secondary N) is 1. The Bertz CT molecular complexity index is 336. The highest BCUT2D eigenvalue weighted by atomic mass is 16.6. The molecule has 6 heteroatoms. The van der Waals surface area contributed by atoms with Crippen molar-refractivity contribution in [1.29, 1.82) is 0 Å². The number of ether oxygens (including phenoxy) is 2. The maximum atomic E-state index is 5.51. The van der Waals surface area contributed by atoms with Gasteiger partial charge < -0.3 is 19.3 Å². The Kier molecular flexibility index (Phi) is 4.47. The van der Waals surface area contributed by atoms with E-state index in [0.717, 1.165) is 13.1 Å². The van der Waals surface area contributed by atoms with Crippen LogP contribution in [-0.4, -0.2) is 43.1 Å². The minimum absolute atomic E-state index is 0.187. The quantitative estimate of drug-likeness (QED) is 0.825. The predicted molar refractivity (Wildman–Crippen MR) is 60.8 cm³/mol. The first-order valence-corrected chi connectivity index (χ1v) is 6.04. The van der Waals surface area contributed by atoms with Crippen LogP contribution in [0.4, 0.5) is 0 Å². The van der Waals surface area contributed by atoms with E-state index in [1.165, 1.54) is 0 Å². The van der Waals surface area contributed by atoms with E-state index in [-0.39, 0.29) is 12.0 Å². The zero-order valence-corrected chi connectivity index (χ0v) is 10.3. The van der Waals surface area contributed by atoms with Crippen molar-refractivity contribution >= 4 is 0 Å². The Labute approximate surface area is 101 Å².